The van der Waals surface area contributed by atoms with E-state index in [-0.39, 0.29) is 24.9 Å². The summed E-state index contributed by atoms with van der Waals surface area (Å²) in [5, 5.41) is 2.65. The molecule has 9 nitrogen and oxygen atoms in total. The number of nitrogens with one attached hydrogen (secondary N) is 2. The number of H-pyrrole nitrogens is 1. The zero-order valence-corrected chi connectivity index (χ0v) is 19.9. The van der Waals surface area contributed by atoms with Crippen molar-refractivity contribution >= 4 is 11.9 Å². The number of amides is 1. The van der Waals surface area contributed by atoms with Crippen molar-refractivity contribution in [2.24, 2.45) is 5.41 Å². The molecule has 184 valence electrons. The van der Waals surface area contributed by atoms with Gasteiger partial charge >= 0.3 is 0 Å². The molecular formula is C25H29FN6O3. The van der Waals surface area contributed by atoms with Gasteiger partial charge in [0.1, 0.15) is 5.82 Å². The summed E-state index contributed by atoms with van der Waals surface area (Å²) in [6.07, 6.45) is 4.42. The number of carbonyl (C=O) groups excluding carboxylic acids is 1. The van der Waals surface area contributed by atoms with Crippen molar-refractivity contribution in [2.75, 3.05) is 38.3 Å². The van der Waals surface area contributed by atoms with Crippen LogP contribution in [0.3, 0.4) is 0 Å². The Hall–Kier alpha value is -3.37. The smallest absolute Gasteiger partial charge is 0.230 e. The minimum absolute atomic E-state index is 0.144. The Kier molecular flexibility index (Phi) is 6.48. The third-order valence-electron chi connectivity index (χ3n) is 6.48. The van der Waals surface area contributed by atoms with Gasteiger partial charge in [0.25, 0.3) is 0 Å². The lowest BCUT2D eigenvalue weighted by Gasteiger charge is -2.34. The molecule has 35 heavy (non-hydrogen) atoms. The number of anilines is 1. The van der Waals surface area contributed by atoms with Gasteiger partial charge in [-0.15, -0.1) is 0 Å². The molecule has 1 amide bonds. The van der Waals surface area contributed by atoms with Crippen molar-refractivity contribution in [2.45, 2.75) is 32.5 Å². The van der Waals surface area contributed by atoms with Crippen molar-refractivity contribution in [1.29, 1.82) is 0 Å². The van der Waals surface area contributed by atoms with Gasteiger partial charge in [0.15, 0.2) is 5.82 Å². The highest BCUT2D eigenvalue weighted by atomic mass is 19.1. The number of hydrogen-bond acceptors (Lipinski definition) is 7. The number of hydrogen-bond donors (Lipinski definition) is 2. The highest BCUT2D eigenvalue weighted by Gasteiger charge is 2.40. The van der Waals surface area contributed by atoms with Crippen LogP contribution in [0.25, 0.3) is 22.6 Å². The van der Waals surface area contributed by atoms with Gasteiger partial charge in [-0.05, 0) is 56.5 Å². The largest absolute Gasteiger partial charge is 0.359 e. The van der Waals surface area contributed by atoms with Gasteiger partial charge in [0.05, 0.1) is 35.7 Å². The number of benzene rings is 1. The lowest BCUT2D eigenvalue weighted by atomic mass is 9.91. The van der Waals surface area contributed by atoms with Crippen LogP contribution in [0.1, 0.15) is 38.3 Å². The fourth-order valence-electron chi connectivity index (χ4n) is 4.44. The Morgan fingerprint density at radius 3 is 2.51 bits per heavy atom. The topological polar surface area (TPSA) is 105 Å². The molecule has 0 unspecified atom stereocenters. The SMILES string of the molecule is CNC(=O)C1(C)COC(c2nc(-c3ccc(F)cc3)c(-c3ccnc(N4CCCCC4)n3)[nH]2)OC1. The monoisotopic (exact) mass is 480 g/mol. The molecule has 0 saturated carbocycles. The van der Waals surface area contributed by atoms with Crippen LogP contribution >= 0.6 is 0 Å². The second-order valence-corrected chi connectivity index (χ2v) is 9.24. The summed E-state index contributed by atoms with van der Waals surface area (Å²) in [5.74, 6) is 0.661. The van der Waals surface area contributed by atoms with E-state index in [1.807, 2.05) is 6.07 Å². The van der Waals surface area contributed by atoms with Crippen molar-refractivity contribution in [1.82, 2.24) is 25.3 Å². The van der Waals surface area contributed by atoms with Crippen molar-refractivity contribution < 1.29 is 18.7 Å². The van der Waals surface area contributed by atoms with Crippen LogP contribution in [-0.4, -0.2) is 59.2 Å². The first-order valence-electron chi connectivity index (χ1n) is 11.9. The maximum Gasteiger partial charge on any atom is 0.230 e. The number of nitrogens with zero attached hydrogens (tertiary/aromatic N) is 4. The second kappa shape index (κ2) is 9.71. The number of imidazole rings is 1. The van der Waals surface area contributed by atoms with Crippen molar-refractivity contribution in [3.8, 4) is 22.6 Å². The lowest BCUT2D eigenvalue weighted by Crippen LogP contribution is -2.47. The summed E-state index contributed by atoms with van der Waals surface area (Å²) >= 11 is 0. The average Bonchev–Trinajstić information content (AvgIpc) is 3.35. The number of carbonyl (C=O) groups is 1. The molecule has 2 saturated heterocycles. The summed E-state index contributed by atoms with van der Waals surface area (Å²) in [6.45, 7) is 4.02. The average molecular weight is 481 g/mol. The molecule has 2 aliphatic rings. The summed E-state index contributed by atoms with van der Waals surface area (Å²) in [6, 6.07) is 7.97. The highest BCUT2D eigenvalue weighted by Crippen LogP contribution is 2.35. The normalized spacial score (nSPS) is 22.7. The van der Waals surface area contributed by atoms with E-state index in [0.29, 0.717) is 28.9 Å². The van der Waals surface area contributed by atoms with Crippen molar-refractivity contribution in [3.05, 3.63) is 48.2 Å². The zero-order chi connectivity index (χ0) is 24.4. The molecule has 2 aliphatic heterocycles. The summed E-state index contributed by atoms with van der Waals surface area (Å²) < 4.78 is 25.4. The van der Waals surface area contributed by atoms with E-state index in [9.17, 15) is 9.18 Å². The van der Waals surface area contributed by atoms with Crippen LogP contribution in [-0.2, 0) is 14.3 Å². The predicted octanol–water partition coefficient (Wildman–Crippen LogP) is 3.46. The fraction of sp³-hybridized carbons (Fsp3) is 0.440. The Bertz CT molecular complexity index is 1180. The maximum absolute atomic E-state index is 13.6. The summed E-state index contributed by atoms with van der Waals surface area (Å²) in [5.41, 5.74) is 1.89. The zero-order valence-electron chi connectivity index (χ0n) is 19.9. The van der Waals surface area contributed by atoms with E-state index in [2.05, 4.69) is 20.2 Å². The molecular weight excluding hydrogens is 451 g/mol. The molecule has 4 heterocycles. The van der Waals surface area contributed by atoms with Gasteiger partial charge in [-0.3, -0.25) is 4.79 Å². The molecule has 0 radical (unpaired) electrons. The first-order valence-corrected chi connectivity index (χ1v) is 11.9. The van der Waals surface area contributed by atoms with Gasteiger partial charge in [-0.1, -0.05) is 0 Å². The van der Waals surface area contributed by atoms with E-state index < -0.39 is 11.7 Å². The molecule has 0 bridgehead atoms. The van der Waals surface area contributed by atoms with Gasteiger partial charge in [-0.25, -0.2) is 19.3 Å². The van der Waals surface area contributed by atoms with Crippen molar-refractivity contribution in [3.63, 3.8) is 0 Å². The lowest BCUT2D eigenvalue weighted by molar-refractivity contribution is -0.230. The number of piperidine rings is 1. The molecule has 5 rings (SSSR count). The van der Waals surface area contributed by atoms with E-state index in [1.165, 1.54) is 18.6 Å². The maximum atomic E-state index is 13.6. The Morgan fingerprint density at radius 1 is 1.11 bits per heavy atom. The number of ether oxygens (including phenoxy) is 2. The quantitative estimate of drug-likeness (QED) is 0.576. The van der Waals surface area contributed by atoms with Gasteiger partial charge in [-0.2, -0.15) is 0 Å². The van der Waals surface area contributed by atoms with Gasteiger partial charge in [0.2, 0.25) is 18.1 Å². The summed E-state index contributed by atoms with van der Waals surface area (Å²) in [7, 11) is 1.59. The Morgan fingerprint density at radius 2 is 1.83 bits per heavy atom. The van der Waals surface area contributed by atoms with Gasteiger partial charge < -0.3 is 24.7 Å². The van der Waals surface area contributed by atoms with E-state index >= 15 is 0 Å². The second-order valence-electron chi connectivity index (χ2n) is 9.24. The standard InChI is InChI=1S/C25H29FN6O3/c1-25(23(33)27-2)14-34-22(35-15-25)21-30-19(16-6-8-17(26)9-7-16)20(31-21)18-10-11-28-24(29-18)32-12-4-3-5-13-32/h6-11,22H,3-5,12-15H2,1-2H3,(H,27,33)(H,30,31). The molecule has 1 aromatic carbocycles. The number of aromatic nitrogens is 4. The predicted molar refractivity (Wildman–Crippen MR) is 128 cm³/mol. The minimum Gasteiger partial charge on any atom is -0.359 e. The molecule has 0 spiro atoms. The van der Waals surface area contributed by atoms with E-state index in [4.69, 9.17) is 19.4 Å². The fourth-order valence-corrected chi connectivity index (χ4v) is 4.44. The summed E-state index contributed by atoms with van der Waals surface area (Å²) in [4.78, 5) is 31.8. The molecule has 10 heteroatoms. The molecule has 2 aromatic heterocycles. The Labute approximate surface area is 203 Å². The number of rotatable bonds is 5. The van der Waals surface area contributed by atoms with Crippen LogP contribution < -0.4 is 10.2 Å². The molecule has 0 atom stereocenters. The Balaban J connectivity index is 1.49. The number of aromatic amines is 1. The minimum atomic E-state index is -0.781. The first kappa shape index (κ1) is 23.4. The molecule has 2 N–H and O–H groups in total. The van der Waals surface area contributed by atoms with E-state index in [1.54, 1.807) is 32.3 Å². The third kappa shape index (κ3) is 4.76. The highest BCUT2D eigenvalue weighted by molar-refractivity contribution is 5.82. The first-order chi connectivity index (χ1) is 17.0. The van der Waals surface area contributed by atoms with Crippen LogP contribution in [0.4, 0.5) is 10.3 Å². The van der Waals surface area contributed by atoms with Crippen LogP contribution in [0.15, 0.2) is 36.5 Å². The van der Waals surface area contributed by atoms with Crippen LogP contribution in [0, 0.1) is 11.2 Å². The van der Waals surface area contributed by atoms with Crippen LogP contribution in [0.5, 0.6) is 0 Å². The molecule has 0 aliphatic carbocycles. The third-order valence-corrected chi connectivity index (χ3v) is 6.48. The van der Waals surface area contributed by atoms with Gasteiger partial charge in [0, 0.05) is 31.9 Å². The molecule has 3 aromatic rings. The van der Waals surface area contributed by atoms with E-state index in [0.717, 1.165) is 31.5 Å². The number of halogens is 1. The van der Waals surface area contributed by atoms with Crippen LogP contribution in [0.2, 0.25) is 0 Å². The molecule has 2 fully saturated rings.